The van der Waals surface area contributed by atoms with Crippen LogP contribution in [-0.4, -0.2) is 29.8 Å². The minimum atomic E-state index is -0.864. The van der Waals surface area contributed by atoms with Crippen molar-refractivity contribution in [1.82, 2.24) is 10.4 Å². The molecule has 0 saturated heterocycles. The molecule has 0 aromatic heterocycles. The summed E-state index contributed by atoms with van der Waals surface area (Å²) in [5.74, 6) is -1.87. The number of halogens is 4. The van der Waals surface area contributed by atoms with Crippen molar-refractivity contribution < 1.29 is 19.1 Å². The molecular weight excluding hydrogens is 426 g/mol. The van der Waals surface area contributed by atoms with E-state index in [1.165, 1.54) is 19.2 Å². The van der Waals surface area contributed by atoms with Gasteiger partial charge in [0.25, 0.3) is 17.7 Å². The highest BCUT2D eigenvalue weighted by Gasteiger charge is 2.42. The summed E-state index contributed by atoms with van der Waals surface area (Å²) in [5, 5.41) is -0.212. The molecule has 2 aromatic rings. The summed E-state index contributed by atoms with van der Waals surface area (Å²) < 4.78 is 5.00. The largest absolute Gasteiger partial charge is 0.497 e. The summed E-state index contributed by atoms with van der Waals surface area (Å²) in [4.78, 5) is 37.4. The van der Waals surface area contributed by atoms with Crippen molar-refractivity contribution in [3.05, 3.63) is 61.0 Å². The highest BCUT2D eigenvalue weighted by atomic mass is 35.5. The van der Waals surface area contributed by atoms with Gasteiger partial charge in [-0.25, -0.2) is 0 Å². The topological polar surface area (TPSA) is 75.7 Å². The zero-order chi connectivity index (χ0) is 19.2. The Bertz CT molecular complexity index is 913. The second kappa shape index (κ2) is 6.96. The molecular formula is C16H8Cl4N2O4. The summed E-state index contributed by atoms with van der Waals surface area (Å²) in [7, 11) is 1.48. The highest BCUT2D eigenvalue weighted by Crippen LogP contribution is 2.44. The maximum atomic E-state index is 12.5. The van der Waals surface area contributed by atoms with Gasteiger partial charge < -0.3 is 4.74 Å². The minimum Gasteiger partial charge on any atom is -0.497 e. The molecule has 6 nitrogen and oxygen atoms in total. The van der Waals surface area contributed by atoms with Crippen molar-refractivity contribution in [2.45, 2.75) is 0 Å². The number of imide groups is 1. The number of carbonyl (C=O) groups is 3. The van der Waals surface area contributed by atoms with Crippen LogP contribution in [0.3, 0.4) is 0 Å². The van der Waals surface area contributed by atoms with E-state index in [9.17, 15) is 14.4 Å². The Morgan fingerprint density at radius 2 is 1.35 bits per heavy atom. The average molecular weight is 434 g/mol. The molecule has 0 bridgehead atoms. The van der Waals surface area contributed by atoms with Gasteiger partial charge in [0.15, 0.2) is 0 Å². The number of rotatable bonds is 3. The average Bonchev–Trinajstić information content (AvgIpc) is 2.89. The number of hydrazine groups is 1. The number of hydrogen-bond donors (Lipinski definition) is 1. The number of amides is 3. The van der Waals surface area contributed by atoms with Crippen LogP contribution in [0, 0.1) is 0 Å². The first-order chi connectivity index (χ1) is 12.3. The lowest BCUT2D eigenvalue weighted by atomic mass is 10.1. The Balaban J connectivity index is 1.94. The van der Waals surface area contributed by atoms with E-state index in [-0.39, 0.29) is 36.8 Å². The van der Waals surface area contributed by atoms with Crippen LogP contribution >= 0.6 is 46.4 Å². The van der Waals surface area contributed by atoms with Gasteiger partial charge in [-0.1, -0.05) is 46.4 Å². The van der Waals surface area contributed by atoms with Crippen LogP contribution in [0.2, 0.25) is 20.1 Å². The SMILES string of the molecule is COc1ccc(C(=O)NN2C(=O)c3c(Cl)c(Cl)c(Cl)c(Cl)c3C2=O)cc1. The number of ether oxygens (including phenoxy) is 1. The first-order valence-corrected chi connectivity index (χ1v) is 8.48. The van der Waals surface area contributed by atoms with Gasteiger partial charge in [-0.3, -0.25) is 19.8 Å². The van der Waals surface area contributed by atoms with Crippen LogP contribution in [-0.2, 0) is 0 Å². The number of hydrogen-bond acceptors (Lipinski definition) is 4. The van der Waals surface area contributed by atoms with Crippen molar-refractivity contribution >= 4 is 64.1 Å². The number of fused-ring (bicyclic) bond motifs is 1. The fourth-order valence-corrected chi connectivity index (χ4v) is 3.37. The summed E-state index contributed by atoms with van der Waals surface area (Å²) >= 11 is 23.9. The zero-order valence-corrected chi connectivity index (χ0v) is 15.9. The van der Waals surface area contributed by atoms with Crippen LogP contribution in [0.15, 0.2) is 24.3 Å². The van der Waals surface area contributed by atoms with E-state index in [1.807, 2.05) is 0 Å². The predicted molar refractivity (Wildman–Crippen MR) is 97.4 cm³/mol. The molecule has 1 aliphatic heterocycles. The fourth-order valence-electron chi connectivity index (χ4n) is 2.36. The highest BCUT2D eigenvalue weighted by molar-refractivity contribution is 6.55. The van der Waals surface area contributed by atoms with Crippen molar-refractivity contribution in [3.63, 3.8) is 0 Å². The molecule has 0 aliphatic carbocycles. The molecule has 10 heteroatoms. The molecule has 1 heterocycles. The molecule has 1 aliphatic rings. The second-order valence-electron chi connectivity index (χ2n) is 5.12. The normalized spacial score (nSPS) is 13.0. The van der Waals surface area contributed by atoms with Crippen LogP contribution in [0.5, 0.6) is 5.75 Å². The molecule has 26 heavy (non-hydrogen) atoms. The Morgan fingerprint density at radius 3 is 1.77 bits per heavy atom. The van der Waals surface area contributed by atoms with Crippen molar-refractivity contribution in [2.24, 2.45) is 0 Å². The van der Waals surface area contributed by atoms with Crippen LogP contribution in [0.1, 0.15) is 31.1 Å². The van der Waals surface area contributed by atoms with Crippen LogP contribution in [0.25, 0.3) is 0 Å². The lowest BCUT2D eigenvalue weighted by Crippen LogP contribution is -2.45. The second-order valence-corrected chi connectivity index (χ2v) is 6.63. The Labute approximate surface area is 167 Å². The molecule has 0 fully saturated rings. The molecule has 134 valence electrons. The van der Waals surface area contributed by atoms with Crippen molar-refractivity contribution in [3.8, 4) is 5.75 Å². The standard InChI is InChI=1S/C16H8Cl4N2O4/c1-26-7-4-2-6(3-5-7)14(23)21-22-15(24)8-9(16(22)25)11(18)13(20)12(19)10(8)17/h2-5H,1H3,(H,21,23). The molecule has 1 N–H and O–H groups in total. The van der Waals surface area contributed by atoms with Gasteiger partial charge in [-0.15, -0.1) is 0 Å². The Hall–Kier alpha value is -1.99. The lowest BCUT2D eigenvalue weighted by molar-refractivity contribution is 0.0518. The van der Waals surface area contributed by atoms with Gasteiger partial charge in [0.05, 0.1) is 38.3 Å². The van der Waals surface area contributed by atoms with Gasteiger partial charge >= 0.3 is 0 Å². The molecule has 0 spiro atoms. The third kappa shape index (κ3) is 2.89. The first kappa shape index (κ1) is 18.8. The number of carbonyl (C=O) groups excluding carboxylic acids is 3. The number of nitrogens with zero attached hydrogens (tertiary/aromatic N) is 1. The van der Waals surface area contributed by atoms with E-state index in [0.29, 0.717) is 10.8 Å². The zero-order valence-electron chi connectivity index (χ0n) is 12.9. The third-order valence-electron chi connectivity index (χ3n) is 3.67. The molecule has 3 amide bonds. The molecule has 2 aromatic carbocycles. The van der Waals surface area contributed by atoms with Gasteiger partial charge in [-0.05, 0) is 24.3 Å². The quantitative estimate of drug-likeness (QED) is 0.446. The Morgan fingerprint density at radius 1 is 0.885 bits per heavy atom. The van der Waals surface area contributed by atoms with Crippen LogP contribution in [0.4, 0.5) is 0 Å². The van der Waals surface area contributed by atoms with Gasteiger partial charge in [0.2, 0.25) is 0 Å². The van der Waals surface area contributed by atoms with E-state index >= 15 is 0 Å². The maximum Gasteiger partial charge on any atom is 0.282 e. The van der Waals surface area contributed by atoms with Gasteiger partial charge in [-0.2, -0.15) is 5.01 Å². The van der Waals surface area contributed by atoms with Crippen molar-refractivity contribution in [1.29, 1.82) is 0 Å². The summed E-state index contributed by atoms with van der Waals surface area (Å²) in [6.07, 6.45) is 0. The fraction of sp³-hybridized carbons (Fsp3) is 0.0625. The van der Waals surface area contributed by atoms with Crippen molar-refractivity contribution in [2.75, 3.05) is 7.11 Å². The number of benzene rings is 2. The van der Waals surface area contributed by atoms with Gasteiger partial charge in [0.1, 0.15) is 5.75 Å². The number of methoxy groups -OCH3 is 1. The third-order valence-corrected chi connectivity index (χ3v) is 5.47. The molecule has 0 atom stereocenters. The van der Waals surface area contributed by atoms with E-state index in [1.54, 1.807) is 12.1 Å². The van der Waals surface area contributed by atoms with Crippen LogP contribution < -0.4 is 10.2 Å². The molecule has 3 rings (SSSR count). The molecule has 0 saturated carbocycles. The first-order valence-electron chi connectivity index (χ1n) is 6.97. The monoisotopic (exact) mass is 432 g/mol. The summed E-state index contributed by atoms with van der Waals surface area (Å²) in [6, 6.07) is 6.06. The van der Waals surface area contributed by atoms with E-state index in [4.69, 9.17) is 51.1 Å². The minimum absolute atomic E-state index is 0.151. The Kier molecular flexibility index (Phi) is 5.03. The predicted octanol–water partition coefficient (Wildman–Crippen LogP) is 4.25. The van der Waals surface area contributed by atoms with E-state index in [2.05, 4.69) is 5.43 Å². The lowest BCUT2D eigenvalue weighted by Gasteiger charge is -2.15. The molecule has 0 radical (unpaired) electrons. The molecule has 0 unspecified atom stereocenters. The smallest absolute Gasteiger partial charge is 0.282 e. The van der Waals surface area contributed by atoms with E-state index in [0.717, 1.165) is 0 Å². The number of nitrogens with one attached hydrogen (secondary N) is 1. The van der Waals surface area contributed by atoms with Gasteiger partial charge in [0, 0.05) is 5.56 Å². The maximum absolute atomic E-state index is 12.5. The summed E-state index contributed by atoms with van der Waals surface area (Å²) in [5.41, 5.74) is 1.99. The van der Waals surface area contributed by atoms with E-state index < -0.39 is 17.7 Å². The summed E-state index contributed by atoms with van der Waals surface area (Å²) in [6.45, 7) is 0.